The van der Waals surface area contributed by atoms with Crippen LogP contribution in [0.25, 0.3) is 6.08 Å². The summed E-state index contributed by atoms with van der Waals surface area (Å²) in [4.78, 5) is 26.0. The first-order valence-electron chi connectivity index (χ1n) is 11.0. The van der Waals surface area contributed by atoms with Crippen molar-refractivity contribution >= 4 is 17.8 Å². The molecule has 34 heavy (non-hydrogen) atoms. The molecule has 0 aromatic heterocycles. The Morgan fingerprint density at radius 2 is 1.88 bits per heavy atom. The van der Waals surface area contributed by atoms with Crippen LogP contribution in [0, 0.1) is 5.92 Å². The summed E-state index contributed by atoms with van der Waals surface area (Å²) in [6.45, 7) is 6.52. The smallest absolute Gasteiger partial charge is 0.342 e. The highest BCUT2D eigenvalue weighted by Gasteiger charge is 2.45. The number of ketones is 1. The van der Waals surface area contributed by atoms with Crippen LogP contribution in [0.4, 0.5) is 4.39 Å². The van der Waals surface area contributed by atoms with Crippen molar-refractivity contribution in [2.75, 3.05) is 21.0 Å². The number of cyclic esters (lactones) is 1. The molecule has 186 valence electrons. The number of hydrogen-bond donors (Lipinski definition) is 0. The quantitative estimate of drug-likeness (QED) is 0.470. The van der Waals surface area contributed by atoms with E-state index in [9.17, 15) is 14.0 Å². The molecule has 8 nitrogen and oxygen atoms in total. The maximum atomic E-state index is 14.9. The number of carbonyl (C=O) groups is 2. The van der Waals surface area contributed by atoms with E-state index >= 15 is 0 Å². The number of carbonyl (C=O) groups excluding carboxylic acids is 2. The molecule has 1 fully saturated rings. The van der Waals surface area contributed by atoms with E-state index < -0.39 is 47.6 Å². The van der Waals surface area contributed by atoms with E-state index in [1.165, 1.54) is 14.2 Å². The van der Waals surface area contributed by atoms with Crippen LogP contribution in [-0.2, 0) is 23.7 Å². The van der Waals surface area contributed by atoms with Gasteiger partial charge in [0.05, 0.1) is 13.2 Å². The van der Waals surface area contributed by atoms with Crippen molar-refractivity contribution in [3.8, 4) is 11.5 Å². The number of esters is 1. The Kier molecular flexibility index (Phi) is 8.12. The summed E-state index contributed by atoms with van der Waals surface area (Å²) in [7, 11) is 2.96. The summed E-state index contributed by atoms with van der Waals surface area (Å²) < 4.78 is 48.0. The second kappa shape index (κ2) is 10.7. The Morgan fingerprint density at radius 3 is 2.56 bits per heavy atom. The van der Waals surface area contributed by atoms with Gasteiger partial charge in [-0.1, -0.05) is 19.1 Å². The van der Waals surface area contributed by atoms with Crippen molar-refractivity contribution in [3.63, 3.8) is 0 Å². The number of ether oxygens (including phenoxy) is 6. The number of rotatable bonds is 4. The van der Waals surface area contributed by atoms with Crippen LogP contribution < -0.4 is 9.47 Å². The highest BCUT2D eigenvalue weighted by Crippen LogP contribution is 2.35. The molecular weight excluding hydrogens is 447 g/mol. The minimum absolute atomic E-state index is 0.0946. The van der Waals surface area contributed by atoms with Crippen LogP contribution in [0.15, 0.2) is 30.1 Å². The number of fused-ring (bicyclic) bond motifs is 2. The molecule has 1 saturated heterocycles. The fraction of sp³-hybridized carbons (Fsp3) is 0.520. The number of benzene rings is 1. The number of methoxy groups -OCH3 is 2. The second-order valence-corrected chi connectivity index (χ2v) is 8.72. The van der Waals surface area contributed by atoms with Gasteiger partial charge >= 0.3 is 5.97 Å². The summed E-state index contributed by atoms with van der Waals surface area (Å²) in [5.41, 5.74) is 0.654. The van der Waals surface area contributed by atoms with Crippen molar-refractivity contribution in [2.45, 2.75) is 58.2 Å². The van der Waals surface area contributed by atoms with E-state index in [0.29, 0.717) is 11.3 Å². The van der Waals surface area contributed by atoms with Crippen molar-refractivity contribution in [3.05, 3.63) is 41.2 Å². The fourth-order valence-corrected chi connectivity index (χ4v) is 3.79. The van der Waals surface area contributed by atoms with Gasteiger partial charge in [0, 0.05) is 19.1 Å². The first-order chi connectivity index (χ1) is 16.1. The summed E-state index contributed by atoms with van der Waals surface area (Å²) in [6.07, 6.45) is 2.23. The molecule has 3 rings (SSSR count). The lowest BCUT2D eigenvalue weighted by atomic mass is 9.99. The lowest BCUT2D eigenvalue weighted by Crippen LogP contribution is -2.32. The van der Waals surface area contributed by atoms with Crippen LogP contribution in [0.2, 0.25) is 0 Å². The maximum Gasteiger partial charge on any atom is 0.342 e. The molecule has 0 bridgehead atoms. The molecule has 0 amide bonds. The van der Waals surface area contributed by atoms with Crippen molar-refractivity contribution < 1.29 is 42.4 Å². The Morgan fingerprint density at radius 1 is 1.15 bits per heavy atom. The number of hydrogen-bond acceptors (Lipinski definition) is 8. The molecule has 0 N–H and O–H groups in total. The van der Waals surface area contributed by atoms with E-state index in [4.69, 9.17) is 28.4 Å². The topological polar surface area (TPSA) is 89.5 Å². The molecule has 0 spiro atoms. The van der Waals surface area contributed by atoms with Crippen molar-refractivity contribution in [1.82, 2.24) is 0 Å². The molecule has 2 aliphatic heterocycles. The lowest BCUT2D eigenvalue weighted by Gasteiger charge is -2.21. The minimum Gasteiger partial charge on any atom is -0.497 e. The zero-order chi connectivity index (χ0) is 25.0. The summed E-state index contributed by atoms with van der Waals surface area (Å²) >= 11 is 0. The summed E-state index contributed by atoms with van der Waals surface area (Å²) in [5.74, 6) is -3.38. The van der Waals surface area contributed by atoms with E-state index in [1.54, 1.807) is 52.0 Å². The fourth-order valence-electron chi connectivity index (χ4n) is 3.79. The van der Waals surface area contributed by atoms with Gasteiger partial charge in [-0.2, -0.15) is 0 Å². The molecule has 1 aromatic rings. The predicted molar refractivity (Wildman–Crippen MR) is 121 cm³/mol. The molecule has 0 saturated carbocycles. The van der Waals surface area contributed by atoms with Crippen LogP contribution in [0.3, 0.4) is 0 Å². The zero-order valence-corrected chi connectivity index (χ0v) is 20.3. The normalized spacial score (nSPS) is 28.7. The first-order valence-corrected chi connectivity index (χ1v) is 11.0. The zero-order valence-electron chi connectivity index (χ0n) is 20.3. The van der Waals surface area contributed by atoms with E-state index in [-0.39, 0.29) is 24.5 Å². The molecule has 2 aliphatic rings. The average Bonchev–Trinajstić information content (AvgIpc) is 3.09. The lowest BCUT2D eigenvalue weighted by molar-refractivity contribution is -0.153. The second-order valence-electron chi connectivity index (χ2n) is 8.72. The van der Waals surface area contributed by atoms with Gasteiger partial charge in [-0.15, -0.1) is 0 Å². The van der Waals surface area contributed by atoms with Crippen LogP contribution >= 0.6 is 0 Å². The maximum absolute atomic E-state index is 14.9. The standard InChI is InChI=1S/C25H31FO8/c1-14-10-18(26)22(27)23-19(33-25(3,4)34-23)9-7-8-16-11-17(30-6)12-20(31-13-29-5)21(16)24(28)32-15(14)2/h7-8,10-12,14-15,19,23H,9,13H2,1-6H3/b8-7?,18-10+/t14-,15+,19+,23?/m1/s1. The van der Waals surface area contributed by atoms with Gasteiger partial charge in [0.1, 0.15) is 23.2 Å². The van der Waals surface area contributed by atoms with Crippen molar-refractivity contribution in [2.24, 2.45) is 5.92 Å². The molecule has 0 aliphatic carbocycles. The highest BCUT2D eigenvalue weighted by molar-refractivity contribution is 5.98. The van der Waals surface area contributed by atoms with E-state index in [0.717, 1.165) is 6.08 Å². The Balaban J connectivity index is 2.10. The van der Waals surface area contributed by atoms with E-state index in [1.807, 2.05) is 0 Å². The van der Waals surface area contributed by atoms with E-state index in [2.05, 4.69) is 0 Å². The van der Waals surface area contributed by atoms with Gasteiger partial charge in [0.2, 0.25) is 5.78 Å². The molecule has 2 heterocycles. The van der Waals surface area contributed by atoms with Gasteiger partial charge in [-0.05, 0) is 44.9 Å². The summed E-state index contributed by atoms with van der Waals surface area (Å²) in [5, 5.41) is 0. The van der Waals surface area contributed by atoms with Crippen LogP contribution in [0.5, 0.6) is 11.5 Å². The predicted octanol–water partition coefficient (Wildman–Crippen LogP) is 4.22. The number of halogens is 1. The molecule has 1 unspecified atom stereocenters. The number of Topliss-reactive ketones (excluding diaryl/α,β-unsaturated/α-hetero) is 1. The minimum atomic E-state index is -1.10. The highest BCUT2D eigenvalue weighted by atomic mass is 19.1. The van der Waals surface area contributed by atoms with Gasteiger partial charge in [-0.25, -0.2) is 9.18 Å². The van der Waals surface area contributed by atoms with Gasteiger partial charge in [-0.3, -0.25) is 4.79 Å². The monoisotopic (exact) mass is 478 g/mol. The van der Waals surface area contributed by atoms with Crippen molar-refractivity contribution in [1.29, 1.82) is 0 Å². The molecule has 1 aromatic carbocycles. The molecule has 9 heteroatoms. The van der Waals surface area contributed by atoms with Gasteiger partial charge in [0.15, 0.2) is 24.5 Å². The Labute approximate surface area is 198 Å². The third-order valence-corrected chi connectivity index (χ3v) is 5.66. The molecule has 4 atom stereocenters. The molecule has 0 radical (unpaired) electrons. The average molecular weight is 479 g/mol. The van der Waals surface area contributed by atoms with Gasteiger partial charge < -0.3 is 28.4 Å². The van der Waals surface area contributed by atoms with Crippen LogP contribution in [0.1, 0.15) is 50.0 Å². The van der Waals surface area contributed by atoms with Gasteiger partial charge in [0.25, 0.3) is 0 Å². The van der Waals surface area contributed by atoms with Crippen LogP contribution in [-0.4, -0.2) is 56.9 Å². The Bertz CT molecular complexity index is 983. The third kappa shape index (κ3) is 5.84. The third-order valence-electron chi connectivity index (χ3n) is 5.66. The molecular formula is C25H31FO8. The summed E-state index contributed by atoms with van der Waals surface area (Å²) in [6, 6.07) is 3.24. The SMILES string of the molecule is COCOc1cc(OC)cc2c1C(=O)O[C@@H](C)[C@H](C)/C=C(/F)C(=O)C1OC(C)(C)O[C@H]1CC=C2. The first kappa shape index (κ1) is 25.9. The largest absolute Gasteiger partial charge is 0.497 e. The Hall–Kier alpha value is -2.75.